The minimum Gasteiger partial charge on any atom is -0.493 e. The van der Waals surface area contributed by atoms with Gasteiger partial charge in [-0.1, -0.05) is 13.0 Å². The third-order valence-electron chi connectivity index (χ3n) is 3.37. The Morgan fingerprint density at radius 1 is 1.30 bits per heavy atom. The van der Waals surface area contributed by atoms with E-state index in [-0.39, 0.29) is 11.5 Å². The second-order valence-corrected chi connectivity index (χ2v) is 5.07. The van der Waals surface area contributed by atoms with Gasteiger partial charge in [-0.05, 0) is 37.5 Å². The van der Waals surface area contributed by atoms with Crippen LogP contribution in [-0.2, 0) is 6.42 Å². The van der Waals surface area contributed by atoms with E-state index < -0.39 is 6.61 Å². The number of nitrogens with zero attached hydrogens (tertiary/aromatic N) is 1. The number of rotatable bonds is 8. The highest BCUT2D eigenvalue weighted by Gasteiger charge is 2.11. The first-order valence-electron chi connectivity index (χ1n) is 7.59. The normalized spacial score (nSPS) is 12.9. The van der Waals surface area contributed by atoms with Crippen molar-refractivity contribution < 1.29 is 18.3 Å². The van der Waals surface area contributed by atoms with Gasteiger partial charge in [-0.3, -0.25) is 4.99 Å². The largest absolute Gasteiger partial charge is 0.493 e. The summed E-state index contributed by atoms with van der Waals surface area (Å²) >= 11 is 0. The molecule has 0 saturated heterocycles. The van der Waals surface area contributed by atoms with Gasteiger partial charge >= 0.3 is 6.61 Å². The topological polar surface area (TPSA) is 54.9 Å². The number of guanidine groups is 1. The molecule has 130 valence electrons. The summed E-state index contributed by atoms with van der Waals surface area (Å²) in [5.74, 6) is 1.05. The summed E-state index contributed by atoms with van der Waals surface area (Å²) in [7, 11) is 3.12. The molecule has 0 saturated carbocycles. The van der Waals surface area contributed by atoms with E-state index >= 15 is 0 Å². The lowest BCUT2D eigenvalue weighted by Crippen LogP contribution is -2.42. The Hall–Kier alpha value is -2.05. The maximum atomic E-state index is 12.4. The maximum absolute atomic E-state index is 12.4. The molecular weight excluding hydrogens is 304 g/mol. The molecule has 1 aromatic carbocycles. The van der Waals surface area contributed by atoms with Crippen molar-refractivity contribution in [2.75, 3.05) is 20.7 Å². The average Bonchev–Trinajstić information content (AvgIpc) is 2.53. The van der Waals surface area contributed by atoms with Crippen molar-refractivity contribution in [3.63, 3.8) is 0 Å². The molecule has 0 aromatic heterocycles. The zero-order chi connectivity index (χ0) is 17.2. The number of halogens is 2. The van der Waals surface area contributed by atoms with Crippen molar-refractivity contribution in [2.45, 2.75) is 39.3 Å². The van der Waals surface area contributed by atoms with Gasteiger partial charge in [-0.15, -0.1) is 0 Å². The van der Waals surface area contributed by atoms with Gasteiger partial charge in [0.25, 0.3) is 0 Å². The lowest BCUT2D eigenvalue weighted by atomic mass is 10.1. The van der Waals surface area contributed by atoms with Crippen molar-refractivity contribution in [3.8, 4) is 11.5 Å². The molecule has 1 rings (SSSR count). The lowest BCUT2D eigenvalue weighted by molar-refractivity contribution is -0.0512. The van der Waals surface area contributed by atoms with E-state index in [1.54, 1.807) is 19.2 Å². The molecule has 0 heterocycles. The Morgan fingerprint density at radius 2 is 2.04 bits per heavy atom. The van der Waals surface area contributed by atoms with Crippen LogP contribution in [0.25, 0.3) is 0 Å². The molecule has 0 spiro atoms. The molecule has 5 nitrogen and oxygen atoms in total. The first-order valence-corrected chi connectivity index (χ1v) is 7.59. The Labute approximate surface area is 136 Å². The molecule has 0 bridgehead atoms. The van der Waals surface area contributed by atoms with Crippen LogP contribution in [0.2, 0.25) is 0 Å². The number of benzene rings is 1. The highest BCUT2D eigenvalue weighted by molar-refractivity contribution is 5.79. The van der Waals surface area contributed by atoms with E-state index in [0.29, 0.717) is 19.0 Å². The van der Waals surface area contributed by atoms with Crippen LogP contribution >= 0.6 is 0 Å². The predicted octanol–water partition coefficient (Wildman–Crippen LogP) is 2.80. The Bertz CT molecular complexity index is 510. The van der Waals surface area contributed by atoms with E-state index in [9.17, 15) is 8.78 Å². The van der Waals surface area contributed by atoms with Crippen LogP contribution in [-0.4, -0.2) is 39.3 Å². The predicted molar refractivity (Wildman–Crippen MR) is 87.6 cm³/mol. The number of methoxy groups -OCH3 is 1. The molecule has 0 aliphatic carbocycles. The zero-order valence-electron chi connectivity index (χ0n) is 14.0. The van der Waals surface area contributed by atoms with Crippen LogP contribution in [0.15, 0.2) is 23.2 Å². The van der Waals surface area contributed by atoms with Crippen molar-refractivity contribution >= 4 is 5.96 Å². The van der Waals surface area contributed by atoms with Crippen molar-refractivity contribution in [1.29, 1.82) is 0 Å². The molecule has 1 aromatic rings. The average molecular weight is 329 g/mol. The van der Waals surface area contributed by atoms with Gasteiger partial charge in [-0.25, -0.2) is 0 Å². The molecule has 0 fully saturated rings. The lowest BCUT2D eigenvalue weighted by Gasteiger charge is -2.16. The fourth-order valence-electron chi connectivity index (χ4n) is 1.92. The summed E-state index contributed by atoms with van der Waals surface area (Å²) < 4.78 is 34.3. The number of ether oxygens (including phenoxy) is 2. The molecule has 2 N–H and O–H groups in total. The van der Waals surface area contributed by atoms with Gasteiger partial charge in [0.15, 0.2) is 17.5 Å². The van der Waals surface area contributed by atoms with Crippen LogP contribution in [0.3, 0.4) is 0 Å². The Balaban J connectivity index is 2.60. The molecule has 7 heteroatoms. The second-order valence-electron chi connectivity index (χ2n) is 5.07. The Kier molecular flexibility index (Phi) is 8.15. The molecule has 1 unspecified atom stereocenters. The van der Waals surface area contributed by atoms with Crippen molar-refractivity contribution in [1.82, 2.24) is 10.6 Å². The van der Waals surface area contributed by atoms with Gasteiger partial charge < -0.3 is 20.1 Å². The van der Waals surface area contributed by atoms with E-state index in [1.165, 1.54) is 7.11 Å². The van der Waals surface area contributed by atoms with E-state index in [1.807, 2.05) is 6.07 Å². The van der Waals surface area contributed by atoms with Gasteiger partial charge in [-0.2, -0.15) is 8.78 Å². The second kappa shape index (κ2) is 9.86. The Morgan fingerprint density at radius 3 is 2.61 bits per heavy atom. The van der Waals surface area contributed by atoms with Crippen LogP contribution in [0.4, 0.5) is 8.78 Å². The minimum atomic E-state index is -2.88. The van der Waals surface area contributed by atoms with Crippen LogP contribution < -0.4 is 20.1 Å². The number of alkyl halides is 2. The van der Waals surface area contributed by atoms with E-state index in [2.05, 4.69) is 34.2 Å². The maximum Gasteiger partial charge on any atom is 0.387 e. The van der Waals surface area contributed by atoms with E-state index in [0.717, 1.165) is 17.9 Å². The van der Waals surface area contributed by atoms with Crippen LogP contribution in [0.5, 0.6) is 11.5 Å². The molecule has 1 atom stereocenters. The van der Waals surface area contributed by atoms with Crippen molar-refractivity contribution in [2.24, 2.45) is 4.99 Å². The van der Waals surface area contributed by atoms with Crippen molar-refractivity contribution in [3.05, 3.63) is 23.8 Å². The smallest absolute Gasteiger partial charge is 0.387 e. The third kappa shape index (κ3) is 6.71. The van der Waals surface area contributed by atoms with Crippen LogP contribution in [0.1, 0.15) is 25.8 Å². The quantitative estimate of drug-likeness (QED) is 0.569. The van der Waals surface area contributed by atoms with E-state index in [4.69, 9.17) is 4.74 Å². The SMILES string of the molecule is CCC(C)NC(=NC)NCCc1ccc(OC)c(OC(F)F)c1. The third-order valence-corrected chi connectivity index (χ3v) is 3.37. The molecule has 0 aliphatic rings. The van der Waals surface area contributed by atoms with Gasteiger partial charge in [0.2, 0.25) is 0 Å². The minimum absolute atomic E-state index is 0.0436. The zero-order valence-corrected chi connectivity index (χ0v) is 14.0. The van der Waals surface area contributed by atoms with Gasteiger partial charge in [0, 0.05) is 19.6 Å². The first-order chi connectivity index (χ1) is 11.0. The number of nitrogens with one attached hydrogen (secondary N) is 2. The summed E-state index contributed by atoms with van der Waals surface area (Å²) in [5, 5.41) is 6.44. The summed E-state index contributed by atoms with van der Waals surface area (Å²) in [6, 6.07) is 5.34. The fourth-order valence-corrected chi connectivity index (χ4v) is 1.92. The first kappa shape index (κ1) is 19.0. The molecule has 0 aliphatic heterocycles. The summed E-state index contributed by atoms with van der Waals surface area (Å²) in [6.07, 6.45) is 1.64. The molecule has 23 heavy (non-hydrogen) atoms. The molecule has 0 radical (unpaired) electrons. The summed E-state index contributed by atoms with van der Waals surface area (Å²) in [4.78, 5) is 4.14. The standard InChI is InChI=1S/C16H25F2N3O2/c1-5-11(2)21-16(19-3)20-9-8-12-6-7-13(22-4)14(10-12)23-15(17)18/h6-7,10-11,15H,5,8-9H2,1-4H3,(H2,19,20,21). The fraction of sp³-hybridized carbons (Fsp3) is 0.562. The number of hydrogen-bond donors (Lipinski definition) is 2. The molecular formula is C16H25F2N3O2. The highest BCUT2D eigenvalue weighted by Crippen LogP contribution is 2.29. The molecule has 0 amide bonds. The summed E-state index contributed by atoms with van der Waals surface area (Å²) in [6.45, 7) is 1.91. The monoisotopic (exact) mass is 329 g/mol. The van der Waals surface area contributed by atoms with Gasteiger partial charge in [0.1, 0.15) is 0 Å². The van der Waals surface area contributed by atoms with Gasteiger partial charge in [0.05, 0.1) is 7.11 Å². The summed E-state index contributed by atoms with van der Waals surface area (Å²) in [5.41, 5.74) is 0.868. The number of hydrogen-bond acceptors (Lipinski definition) is 3. The number of aliphatic imine (C=N–C) groups is 1. The highest BCUT2D eigenvalue weighted by atomic mass is 19.3. The van der Waals surface area contributed by atoms with Crippen LogP contribution in [0, 0.1) is 0 Å².